The summed E-state index contributed by atoms with van der Waals surface area (Å²) in [6, 6.07) is 14.6. The van der Waals surface area contributed by atoms with E-state index >= 15 is 0 Å². The molecule has 8 nitrogen and oxygen atoms in total. The predicted octanol–water partition coefficient (Wildman–Crippen LogP) is 3.31. The second-order valence-corrected chi connectivity index (χ2v) is 8.14. The summed E-state index contributed by atoms with van der Waals surface area (Å²) < 4.78 is 8.25. The summed E-state index contributed by atoms with van der Waals surface area (Å²) in [6.45, 7) is 2.26. The fraction of sp³-hybridized carbons (Fsp3) is 0.250. The van der Waals surface area contributed by atoms with Gasteiger partial charge in [-0.05, 0) is 55.3 Å². The molecule has 0 aliphatic carbocycles. The van der Waals surface area contributed by atoms with E-state index in [4.69, 9.17) is 16.3 Å². The molecule has 0 spiro atoms. The smallest absolute Gasteiger partial charge is 0.279 e. The number of carbonyl (C=O) groups is 1. The van der Waals surface area contributed by atoms with E-state index in [9.17, 15) is 9.59 Å². The van der Waals surface area contributed by atoms with Gasteiger partial charge in [0.1, 0.15) is 5.75 Å². The Bertz CT molecular complexity index is 1360. The van der Waals surface area contributed by atoms with Crippen LogP contribution in [-0.4, -0.2) is 32.2 Å². The molecule has 0 aliphatic heterocycles. The van der Waals surface area contributed by atoms with Gasteiger partial charge in [0.2, 0.25) is 11.7 Å². The van der Waals surface area contributed by atoms with Crippen molar-refractivity contribution in [3.63, 3.8) is 0 Å². The van der Waals surface area contributed by atoms with Crippen LogP contribution in [0.1, 0.15) is 23.2 Å². The third kappa shape index (κ3) is 4.75. The highest BCUT2D eigenvalue weighted by atomic mass is 35.5. The SMILES string of the molecule is COc1ccc(CNC(=O)CCc2c(C)n(C)c3nc(-c4ccc(Cl)cc4)nn3c2=O)cc1. The molecule has 170 valence electrons. The second-order valence-electron chi connectivity index (χ2n) is 7.71. The number of nitrogens with one attached hydrogen (secondary N) is 1. The summed E-state index contributed by atoms with van der Waals surface area (Å²) in [6.07, 6.45) is 0.496. The standard InChI is InChI=1S/C24H24ClN5O3/c1-15-20(12-13-21(31)26-14-16-4-10-19(33-3)11-5-16)23(32)30-24(29(15)2)27-22(28-30)17-6-8-18(25)9-7-17/h4-11H,12-14H2,1-3H3,(H,26,31). The van der Waals surface area contributed by atoms with E-state index in [-0.39, 0.29) is 17.9 Å². The van der Waals surface area contributed by atoms with Crippen molar-refractivity contribution in [3.8, 4) is 17.1 Å². The zero-order valence-electron chi connectivity index (χ0n) is 18.6. The van der Waals surface area contributed by atoms with Crippen molar-refractivity contribution in [1.29, 1.82) is 0 Å². The Labute approximate surface area is 195 Å². The first-order chi connectivity index (χ1) is 15.9. The van der Waals surface area contributed by atoms with E-state index in [2.05, 4.69) is 15.4 Å². The molecule has 4 rings (SSSR count). The molecule has 4 aromatic rings. The van der Waals surface area contributed by atoms with Crippen LogP contribution >= 0.6 is 11.6 Å². The number of rotatable bonds is 7. The van der Waals surface area contributed by atoms with Gasteiger partial charge < -0.3 is 14.6 Å². The van der Waals surface area contributed by atoms with Gasteiger partial charge in [0.25, 0.3) is 5.56 Å². The molecule has 0 radical (unpaired) electrons. The van der Waals surface area contributed by atoms with Crippen molar-refractivity contribution < 1.29 is 9.53 Å². The molecule has 1 amide bonds. The zero-order chi connectivity index (χ0) is 23.5. The van der Waals surface area contributed by atoms with Gasteiger partial charge in [-0.25, -0.2) is 0 Å². The Kier molecular flexibility index (Phi) is 6.46. The molecule has 9 heteroatoms. The highest BCUT2D eigenvalue weighted by molar-refractivity contribution is 6.30. The Morgan fingerprint density at radius 3 is 2.48 bits per heavy atom. The molecule has 0 saturated heterocycles. The number of hydrogen-bond donors (Lipinski definition) is 1. The van der Waals surface area contributed by atoms with Crippen molar-refractivity contribution in [1.82, 2.24) is 24.5 Å². The first kappa shape index (κ1) is 22.5. The third-order valence-corrected chi connectivity index (χ3v) is 5.89. The number of ether oxygens (including phenoxy) is 1. The van der Waals surface area contributed by atoms with Crippen LogP contribution in [0.2, 0.25) is 5.02 Å². The molecule has 0 atom stereocenters. The normalized spacial score (nSPS) is 11.0. The lowest BCUT2D eigenvalue weighted by atomic mass is 10.1. The van der Waals surface area contributed by atoms with Crippen LogP contribution in [-0.2, 0) is 24.8 Å². The van der Waals surface area contributed by atoms with E-state index in [0.717, 1.165) is 22.6 Å². The van der Waals surface area contributed by atoms with Crippen LogP contribution in [0.25, 0.3) is 17.2 Å². The van der Waals surface area contributed by atoms with Crippen LogP contribution in [0.4, 0.5) is 0 Å². The van der Waals surface area contributed by atoms with E-state index in [1.807, 2.05) is 54.9 Å². The minimum Gasteiger partial charge on any atom is -0.497 e. The summed E-state index contributed by atoms with van der Waals surface area (Å²) >= 11 is 5.96. The van der Waals surface area contributed by atoms with Gasteiger partial charge in [0.15, 0.2) is 5.82 Å². The van der Waals surface area contributed by atoms with Crippen molar-refractivity contribution >= 4 is 23.3 Å². The summed E-state index contributed by atoms with van der Waals surface area (Å²) in [5, 5.41) is 7.92. The maximum absolute atomic E-state index is 13.1. The Morgan fingerprint density at radius 2 is 1.82 bits per heavy atom. The molecule has 2 aromatic heterocycles. The lowest BCUT2D eigenvalue weighted by Gasteiger charge is -2.11. The average molecular weight is 466 g/mol. The highest BCUT2D eigenvalue weighted by Gasteiger charge is 2.17. The predicted molar refractivity (Wildman–Crippen MR) is 127 cm³/mol. The molecular formula is C24H24ClN5O3. The van der Waals surface area contributed by atoms with Crippen molar-refractivity contribution in [2.24, 2.45) is 7.05 Å². The van der Waals surface area contributed by atoms with E-state index in [1.54, 1.807) is 19.2 Å². The fourth-order valence-electron chi connectivity index (χ4n) is 3.57. The molecule has 33 heavy (non-hydrogen) atoms. The number of fused-ring (bicyclic) bond motifs is 1. The molecule has 0 unspecified atom stereocenters. The van der Waals surface area contributed by atoms with Gasteiger partial charge in [-0.2, -0.15) is 9.50 Å². The van der Waals surface area contributed by atoms with Crippen molar-refractivity contribution in [2.75, 3.05) is 7.11 Å². The van der Waals surface area contributed by atoms with Crippen LogP contribution in [0.15, 0.2) is 53.3 Å². The number of benzene rings is 2. The van der Waals surface area contributed by atoms with Gasteiger partial charge in [0, 0.05) is 41.9 Å². The topological polar surface area (TPSA) is 90.5 Å². The number of amides is 1. The number of nitrogens with zero attached hydrogens (tertiary/aromatic N) is 4. The molecule has 0 bridgehead atoms. The lowest BCUT2D eigenvalue weighted by Crippen LogP contribution is -2.28. The number of aryl methyl sites for hydroxylation is 1. The van der Waals surface area contributed by atoms with Crippen LogP contribution < -0.4 is 15.6 Å². The third-order valence-electron chi connectivity index (χ3n) is 5.63. The van der Waals surface area contributed by atoms with E-state index in [1.165, 1.54) is 4.52 Å². The zero-order valence-corrected chi connectivity index (χ0v) is 19.4. The van der Waals surface area contributed by atoms with Gasteiger partial charge in [0.05, 0.1) is 7.11 Å². The molecule has 0 fully saturated rings. The quantitative estimate of drug-likeness (QED) is 0.452. The van der Waals surface area contributed by atoms with Crippen molar-refractivity contribution in [3.05, 3.63) is 80.7 Å². The largest absolute Gasteiger partial charge is 0.497 e. The average Bonchev–Trinajstić information content (AvgIpc) is 3.28. The van der Waals surface area contributed by atoms with Gasteiger partial charge >= 0.3 is 0 Å². The first-order valence-corrected chi connectivity index (χ1v) is 10.9. The molecular weight excluding hydrogens is 442 g/mol. The van der Waals surface area contributed by atoms with Gasteiger partial charge in [-0.15, -0.1) is 5.10 Å². The Morgan fingerprint density at radius 1 is 1.12 bits per heavy atom. The van der Waals surface area contributed by atoms with Crippen molar-refractivity contribution in [2.45, 2.75) is 26.3 Å². The number of aromatic nitrogens is 4. The summed E-state index contributed by atoms with van der Waals surface area (Å²) in [5.74, 6) is 1.51. The number of hydrogen-bond acceptors (Lipinski definition) is 5. The summed E-state index contributed by atoms with van der Waals surface area (Å²) in [4.78, 5) is 30.1. The van der Waals surface area contributed by atoms with Gasteiger partial charge in [-0.3, -0.25) is 9.59 Å². The first-order valence-electron chi connectivity index (χ1n) is 10.5. The monoisotopic (exact) mass is 465 g/mol. The maximum Gasteiger partial charge on any atom is 0.279 e. The molecule has 2 heterocycles. The lowest BCUT2D eigenvalue weighted by molar-refractivity contribution is -0.121. The number of carbonyl (C=O) groups excluding carboxylic acids is 1. The molecule has 0 aliphatic rings. The Balaban J connectivity index is 1.50. The molecule has 0 saturated carbocycles. The Hall–Kier alpha value is -3.65. The van der Waals surface area contributed by atoms with E-state index in [0.29, 0.717) is 35.2 Å². The second kappa shape index (κ2) is 9.46. The fourth-order valence-corrected chi connectivity index (χ4v) is 3.70. The van der Waals surface area contributed by atoms with Crippen LogP contribution in [0, 0.1) is 6.92 Å². The molecule has 1 N–H and O–H groups in total. The van der Waals surface area contributed by atoms with Gasteiger partial charge in [-0.1, -0.05) is 23.7 Å². The minimum atomic E-state index is -0.267. The van der Waals surface area contributed by atoms with E-state index < -0.39 is 0 Å². The summed E-state index contributed by atoms with van der Waals surface area (Å²) in [5.41, 5.74) is 2.76. The minimum absolute atomic E-state index is 0.132. The summed E-state index contributed by atoms with van der Waals surface area (Å²) in [7, 11) is 3.44. The number of halogens is 1. The highest BCUT2D eigenvalue weighted by Crippen LogP contribution is 2.19. The molecule has 2 aromatic carbocycles. The maximum atomic E-state index is 13.1. The van der Waals surface area contributed by atoms with Crippen LogP contribution in [0.5, 0.6) is 5.75 Å². The number of methoxy groups -OCH3 is 1. The van der Waals surface area contributed by atoms with Crippen LogP contribution in [0.3, 0.4) is 0 Å².